The Labute approximate surface area is 170 Å². The van der Waals surface area contributed by atoms with E-state index in [2.05, 4.69) is 44.6 Å². The average molecular weight is 398 g/mol. The Bertz CT molecular complexity index is 923. The van der Waals surface area contributed by atoms with Crippen LogP contribution in [0.2, 0.25) is 0 Å². The molecule has 2 heterocycles. The predicted molar refractivity (Wildman–Crippen MR) is 117 cm³/mol. The lowest BCUT2D eigenvalue weighted by molar-refractivity contribution is -0.120. The molecule has 7 heteroatoms. The second-order valence-corrected chi connectivity index (χ2v) is 8.19. The van der Waals surface area contributed by atoms with Gasteiger partial charge in [-0.2, -0.15) is 0 Å². The minimum atomic E-state index is 0.0568. The first-order valence-corrected chi connectivity index (χ1v) is 10.3. The van der Waals surface area contributed by atoms with Gasteiger partial charge in [0.1, 0.15) is 17.0 Å². The van der Waals surface area contributed by atoms with Crippen molar-refractivity contribution < 1.29 is 4.79 Å². The normalized spacial score (nSPS) is 11.1. The SMILES string of the molecule is Cc1sc2ncnc(NCCC(=O)NCCCN(C)C)c2c1-c1ccccc1. The molecule has 2 N–H and O–H groups in total. The molecule has 148 valence electrons. The van der Waals surface area contributed by atoms with Gasteiger partial charge >= 0.3 is 0 Å². The van der Waals surface area contributed by atoms with Crippen LogP contribution in [0.15, 0.2) is 36.7 Å². The third-order valence-electron chi connectivity index (χ3n) is 4.48. The Hall–Kier alpha value is -2.51. The Kier molecular flexibility index (Phi) is 6.95. The second-order valence-electron chi connectivity index (χ2n) is 6.99. The van der Waals surface area contributed by atoms with Gasteiger partial charge in [0.2, 0.25) is 5.91 Å². The first-order chi connectivity index (χ1) is 13.6. The van der Waals surface area contributed by atoms with Crippen molar-refractivity contribution in [2.75, 3.05) is 39.0 Å². The third-order valence-corrected chi connectivity index (χ3v) is 5.49. The number of carbonyl (C=O) groups is 1. The molecule has 1 aromatic carbocycles. The van der Waals surface area contributed by atoms with E-state index < -0.39 is 0 Å². The van der Waals surface area contributed by atoms with Crippen molar-refractivity contribution in [1.82, 2.24) is 20.2 Å². The summed E-state index contributed by atoms with van der Waals surface area (Å²) in [7, 11) is 4.06. The van der Waals surface area contributed by atoms with Crippen LogP contribution in [0.4, 0.5) is 5.82 Å². The summed E-state index contributed by atoms with van der Waals surface area (Å²) in [6.07, 6.45) is 2.95. The zero-order chi connectivity index (χ0) is 19.9. The summed E-state index contributed by atoms with van der Waals surface area (Å²) in [5.41, 5.74) is 2.32. The van der Waals surface area contributed by atoms with E-state index in [1.807, 2.05) is 32.3 Å². The molecule has 2 aromatic heterocycles. The molecule has 0 radical (unpaired) electrons. The molecule has 6 nitrogen and oxygen atoms in total. The lowest BCUT2D eigenvalue weighted by Crippen LogP contribution is -2.28. The number of nitrogens with one attached hydrogen (secondary N) is 2. The van der Waals surface area contributed by atoms with Crippen LogP contribution in [0.25, 0.3) is 21.3 Å². The molecule has 0 aliphatic rings. The van der Waals surface area contributed by atoms with Crippen LogP contribution in [0.1, 0.15) is 17.7 Å². The Balaban J connectivity index is 1.66. The number of benzene rings is 1. The van der Waals surface area contributed by atoms with Gasteiger partial charge in [-0.1, -0.05) is 30.3 Å². The minimum absolute atomic E-state index is 0.0568. The van der Waals surface area contributed by atoms with Gasteiger partial charge in [-0.05, 0) is 39.5 Å². The Morgan fingerprint density at radius 3 is 2.68 bits per heavy atom. The standard InChI is InChI=1S/C21H27N5OS/c1-15-18(16-8-5-4-6-9-16)19-20(24-14-25-21(19)28-15)23-12-10-17(27)22-11-7-13-26(2)3/h4-6,8-9,14H,7,10-13H2,1-3H3,(H,22,27)(H,23,24,25). The van der Waals surface area contributed by atoms with E-state index in [0.29, 0.717) is 19.5 Å². The van der Waals surface area contributed by atoms with E-state index in [-0.39, 0.29) is 5.91 Å². The van der Waals surface area contributed by atoms with Gasteiger partial charge < -0.3 is 15.5 Å². The molecule has 0 bridgehead atoms. The number of aryl methyl sites for hydroxylation is 1. The zero-order valence-electron chi connectivity index (χ0n) is 16.7. The number of rotatable bonds is 9. The molecule has 0 unspecified atom stereocenters. The fourth-order valence-electron chi connectivity index (χ4n) is 3.14. The first-order valence-electron chi connectivity index (χ1n) is 9.51. The fraction of sp³-hybridized carbons (Fsp3) is 0.381. The van der Waals surface area contributed by atoms with Gasteiger partial charge in [0.05, 0.1) is 5.39 Å². The lowest BCUT2D eigenvalue weighted by Gasteiger charge is -2.11. The summed E-state index contributed by atoms with van der Waals surface area (Å²) in [5, 5.41) is 7.33. The highest BCUT2D eigenvalue weighted by Crippen LogP contribution is 2.40. The van der Waals surface area contributed by atoms with Crippen LogP contribution in [0, 0.1) is 6.92 Å². The van der Waals surface area contributed by atoms with Crippen LogP contribution >= 0.6 is 11.3 Å². The van der Waals surface area contributed by atoms with Crippen LogP contribution in [-0.4, -0.2) is 54.5 Å². The quantitative estimate of drug-likeness (QED) is 0.541. The molecule has 0 saturated carbocycles. The van der Waals surface area contributed by atoms with Crippen LogP contribution < -0.4 is 10.6 Å². The van der Waals surface area contributed by atoms with Gasteiger partial charge in [-0.25, -0.2) is 9.97 Å². The second kappa shape index (κ2) is 9.61. The van der Waals surface area contributed by atoms with Gasteiger partial charge in [-0.3, -0.25) is 4.79 Å². The molecule has 0 aliphatic carbocycles. The van der Waals surface area contributed by atoms with Crippen LogP contribution in [0.5, 0.6) is 0 Å². The monoisotopic (exact) mass is 397 g/mol. The number of carbonyl (C=O) groups excluding carboxylic acids is 1. The summed E-state index contributed by atoms with van der Waals surface area (Å²) in [5.74, 6) is 0.843. The molecule has 0 aliphatic heterocycles. The van der Waals surface area contributed by atoms with Crippen molar-refractivity contribution in [3.63, 3.8) is 0 Å². The van der Waals surface area contributed by atoms with Crippen molar-refractivity contribution in [3.8, 4) is 11.1 Å². The molecule has 0 fully saturated rings. The van der Waals surface area contributed by atoms with Gasteiger partial charge in [0.15, 0.2) is 0 Å². The largest absolute Gasteiger partial charge is 0.369 e. The molecule has 0 saturated heterocycles. The number of hydrogen-bond donors (Lipinski definition) is 2. The summed E-state index contributed by atoms with van der Waals surface area (Å²) in [4.78, 5) is 25.2. The summed E-state index contributed by atoms with van der Waals surface area (Å²) in [6, 6.07) is 10.3. The van der Waals surface area contributed by atoms with Crippen molar-refractivity contribution >= 4 is 33.3 Å². The van der Waals surface area contributed by atoms with Crippen molar-refractivity contribution in [3.05, 3.63) is 41.5 Å². The number of nitrogens with zero attached hydrogens (tertiary/aromatic N) is 3. The highest BCUT2D eigenvalue weighted by Gasteiger charge is 2.16. The summed E-state index contributed by atoms with van der Waals surface area (Å²) in [6.45, 7) is 4.32. The number of fused-ring (bicyclic) bond motifs is 1. The van der Waals surface area contributed by atoms with Crippen LogP contribution in [0.3, 0.4) is 0 Å². The topological polar surface area (TPSA) is 70.1 Å². The maximum Gasteiger partial charge on any atom is 0.221 e. The number of anilines is 1. The summed E-state index contributed by atoms with van der Waals surface area (Å²) >= 11 is 1.67. The number of thiophene rings is 1. The van der Waals surface area contributed by atoms with Gasteiger partial charge in [0.25, 0.3) is 0 Å². The van der Waals surface area contributed by atoms with Gasteiger partial charge in [0, 0.05) is 30.0 Å². The number of amides is 1. The highest BCUT2D eigenvalue weighted by molar-refractivity contribution is 7.19. The fourth-order valence-corrected chi connectivity index (χ4v) is 4.15. The average Bonchev–Trinajstić information content (AvgIpc) is 3.02. The van der Waals surface area contributed by atoms with Crippen molar-refractivity contribution in [1.29, 1.82) is 0 Å². The van der Waals surface area contributed by atoms with Crippen molar-refractivity contribution in [2.24, 2.45) is 0 Å². The van der Waals surface area contributed by atoms with E-state index >= 15 is 0 Å². The molecular formula is C21H27N5OS. The molecule has 0 spiro atoms. The van der Waals surface area contributed by atoms with Crippen molar-refractivity contribution in [2.45, 2.75) is 19.8 Å². The van der Waals surface area contributed by atoms with E-state index in [4.69, 9.17) is 0 Å². The molecule has 28 heavy (non-hydrogen) atoms. The maximum atomic E-state index is 12.0. The minimum Gasteiger partial charge on any atom is -0.369 e. The Morgan fingerprint density at radius 1 is 1.14 bits per heavy atom. The third kappa shape index (κ3) is 5.05. The molecular weight excluding hydrogens is 370 g/mol. The van der Waals surface area contributed by atoms with E-state index in [0.717, 1.165) is 40.1 Å². The maximum absolute atomic E-state index is 12.0. The van der Waals surface area contributed by atoms with E-state index in [1.54, 1.807) is 17.7 Å². The van der Waals surface area contributed by atoms with Gasteiger partial charge in [-0.15, -0.1) is 11.3 Å². The molecule has 0 atom stereocenters. The zero-order valence-corrected chi connectivity index (χ0v) is 17.5. The van der Waals surface area contributed by atoms with Crippen LogP contribution in [-0.2, 0) is 4.79 Å². The smallest absolute Gasteiger partial charge is 0.221 e. The molecule has 3 aromatic rings. The molecule has 1 amide bonds. The highest BCUT2D eigenvalue weighted by atomic mass is 32.1. The molecule has 3 rings (SSSR count). The van der Waals surface area contributed by atoms with E-state index in [9.17, 15) is 4.79 Å². The summed E-state index contributed by atoms with van der Waals surface area (Å²) < 4.78 is 0. The Morgan fingerprint density at radius 2 is 1.93 bits per heavy atom. The predicted octanol–water partition coefficient (Wildman–Crippen LogP) is 3.54. The first kappa shape index (κ1) is 20.2. The van der Waals surface area contributed by atoms with E-state index in [1.165, 1.54) is 4.88 Å². The lowest BCUT2D eigenvalue weighted by atomic mass is 10.0. The number of hydrogen-bond acceptors (Lipinski definition) is 6. The number of aromatic nitrogens is 2.